The molecule has 0 amide bonds. The van der Waals surface area contributed by atoms with Crippen molar-refractivity contribution in [1.29, 1.82) is 0 Å². The van der Waals surface area contributed by atoms with Crippen LogP contribution in [0.5, 0.6) is 0 Å². The van der Waals surface area contributed by atoms with E-state index in [0.717, 1.165) is 0 Å². The summed E-state index contributed by atoms with van der Waals surface area (Å²) < 4.78 is 26.0. The highest BCUT2D eigenvalue weighted by Crippen LogP contribution is 2.49. The zero-order valence-corrected chi connectivity index (χ0v) is 20.2. The second kappa shape index (κ2) is 7.12. The first kappa shape index (κ1) is 22.9. The van der Waals surface area contributed by atoms with E-state index >= 15 is 0 Å². The SMILES string of the molecule is Cc1cc(C)cc(C(C)C(B2OC(C)(C)C(C)(C)O2)B2OC(C)(C)C(C)(C)O2)c1. The van der Waals surface area contributed by atoms with Crippen molar-refractivity contribution in [2.24, 2.45) is 0 Å². The van der Waals surface area contributed by atoms with Gasteiger partial charge in [0, 0.05) is 5.72 Å². The Bertz CT molecular complexity index is 684. The predicted octanol–water partition coefficient (Wildman–Crippen LogP) is 5.50. The van der Waals surface area contributed by atoms with E-state index in [1.165, 1.54) is 16.7 Å². The summed E-state index contributed by atoms with van der Waals surface area (Å²) in [4.78, 5) is 0. The van der Waals surface area contributed by atoms with E-state index in [-0.39, 0.29) is 11.6 Å². The fourth-order valence-corrected chi connectivity index (χ4v) is 4.19. The van der Waals surface area contributed by atoms with Gasteiger partial charge in [-0.15, -0.1) is 0 Å². The molecule has 1 unspecified atom stereocenters. The van der Waals surface area contributed by atoms with Crippen LogP contribution >= 0.6 is 0 Å². The van der Waals surface area contributed by atoms with Crippen molar-refractivity contribution >= 4 is 14.2 Å². The molecule has 0 saturated carbocycles. The van der Waals surface area contributed by atoms with Gasteiger partial charge in [0.25, 0.3) is 0 Å². The molecule has 0 spiro atoms. The van der Waals surface area contributed by atoms with Crippen molar-refractivity contribution in [1.82, 2.24) is 0 Å². The maximum atomic E-state index is 6.50. The van der Waals surface area contributed by atoms with Crippen LogP contribution in [0.1, 0.15) is 84.9 Å². The molecule has 2 fully saturated rings. The van der Waals surface area contributed by atoms with Gasteiger partial charge in [0.05, 0.1) is 22.4 Å². The minimum atomic E-state index is -0.412. The summed E-state index contributed by atoms with van der Waals surface area (Å²) in [7, 11) is -0.823. The zero-order valence-electron chi connectivity index (χ0n) is 20.2. The molecule has 0 aromatic heterocycles. The van der Waals surface area contributed by atoms with Crippen molar-refractivity contribution in [2.75, 3.05) is 0 Å². The second-order valence-electron chi connectivity index (χ2n) is 11.0. The summed E-state index contributed by atoms with van der Waals surface area (Å²) in [6, 6.07) is 6.71. The van der Waals surface area contributed by atoms with E-state index < -0.39 is 36.6 Å². The number of rotatable bonds is 4. The van der Waals surface area contributed by atoms with Gasteiger partial charge in [-0.05, 0) is 80.7 Å². The Kier molecular flexibility index (Phi) is 5.61. The van der Waals surface area contributed by atoms with Gasteiger partial charge in [0.15, 0.2) is 0 Å². The summed E-state index contributed by atoms with van der Waals surface area (Å²) in [6.07, 6.45) is 0. The zero-order chi connectivity index (χ0) is 22.0. The molecular weight excluding hydrogens is 362 g/mol. The lowest BCUT2D eigenvalue weighted by molar-refractivity contribution is 0.00578. The first-order valence-corrected chi connectivity index (χ1v) is 10.9. The molecule has 4 nitrogen and oxygen atoms in total. The van der Waals surface area contributed by atoms with Crippen molar-refractivity contribution in [3.63, 3.8) is 0 Å². The third-order valence-corrected chi connectivity index (χ3v) is 7.52. The molecule has 0 radical (unpaired) electrons. The smallest absolute Gasteiger partial charge is 0.403 e. The summed E-state index contributed by atoms with van der Waals surface area (Å²) in [6.45, 7) is 23.3. The molecule has 160 valence electrons. The number of aryl methyl sites for hydroxylation is 2. The van der Waals surface area contributed by atoms with E-state index in [9.17, 15) is 0 Å². The van der Waals surface area contributed by atoms with Gasteiger partial charge < -0.3 is 18.6 Å². The van der Waals surface area contributed by atoms with Gasteiger partial charge >= 0.3 is 14.2 Å². The number of hydrogen-bond acceptors (Lipinski definition) is 4. The van der Waals surface area contributed by atoms with Crippen molar-refractivity contribution in [2.45, 2.75) is 110 Å². The summed E-state index contributed by atoms with van der Waals surface area (Å²) in [5.41, 5.74) is 2.07. The molecule has 1 atom stereocenters. The van der Waals surface area contributed by atoms with Crippen molar-refractivity contribution in [3.8, 4) is 0 Å². The Labute approximate surface area is 178 Å². The van der Waals surface area contributed by atoms with Crippen LogP contribution < -0.4 is 0 Å². The van der Waals surface area contributed by atoms with Crippen LogP contribution in [0, 0.1) is 13.8 Å². The average Bonchev–Trinajstić information content (AvgIpc) is 2.85. The molecular formula is C23H38B2O4. The van der Waals surface area contributed by atoms with E-state index in [4.69, 9.17) is 18.6 Å². The van der Waals surface area contributed by atoms with Gasteiger partial charge in [-0.3, -0.25) is 0 Å². The third-order valence-electron chi connectivity index (χ3n) is 7.52. The van der Waals surface area contributed by atoms with E-state index in [1.807, 2.05) is 0 Å². The first-order valence-electron chi connectivity index (χ1n) is 10.9. The highest BCUT2D eigenvalue weighted by Gasteiger charge is 2.63. The van der Waals surface area contributed by atoms with E-state index in [2.05, 4.69) is 94.4 Å². The van der Waals surface area contributed by atoms with Crippen LogP contribution in [-0.4, -0.2) is 36.6 Å². The Balaban J connectivity index is 2.01. The quantitative estimate of drug-likeness (QED) is 0.626. The molecule has 3 rings (SSSR count). The topological polar surface area (TPSA) is 36.9 Å². The van der Waals surface area contributed by atoms with Gasteiger partial charge in [-0.1, -0.05) is 36.2 Å². The predicted molar refractivity (Wildman–Crippen MR) is 120 cm³/mol. The Morgan fingerprint density at radius 1 is 0.621 bits per heavy atom. The summed E-state index contributed by atoms with van der Waals surface area (Å²) in [5, 5.41) is 0. The first-order chi connectivity index (χ1) is 13.1. The van der Waals surface area contributed by atoms with E-state index in [1.54, 1.807) is 0 Å². The highest BCUT2D eigenvalue weighted by atomic mass is 16.7. The maximum absolute atomic E-state index is 6.50. The Hall–Kier alpha value is -0.810. The normalized spacial score (nSPS) is 25.7. The lowest BCUT2D eigenvalue weighted by Gasteiger charge is -2.32. The number of hydrogen-bond donors (Lipinski definition) is 0. The molecule has 6 heteroatoms. The van der Waals surface area contributed by atoms with Crippen LogP contribution in [0.15, 0.2) is 18.2 Å². The minimum absolute atomic E-state index is 0.0988. The average molecular weight is 400 g/mol. The summed E-state index contributed by atoms with van der Waals surface area (Å²) >= 11 is 0. The van der Waals surface area contributed by atoms with Crippen LogP contribution in [0.4, 0.5) is 0 Å². The standard InChI is InChI=1S/C23H38B2O4/c1-15-12-16(2)14-18(13-15)17(3)19(24-26-20(4,5)21(6,7)27-24)25-28-22(8,9)23(10,11)29-25/h12-14,17,19H,1-11H3. The molecule has 2 aliphatic heterocycles. The van der Waals surface area contributed by atoms with Gasteiger partial charge in [-0.25, -0.2) is 0 Å². The van der Waals surface area contributed by atoms with Crippen molar-refractivity contribution in [3.05, 3.63) is 34.9 Å². The van der Waals surface area contributed by atoms with E-state index in [0.29, 0.717) is 0 Å². The van der Waals surface area contributed by atoms with Crippen LogP contribution in [0.3, 0.4) is 0 Å². The number of benzene rings is 1. The van der Waals surface area contributed by atoms with Crippen LogP contribution in [0.25, 0.3) is 0 Å². The molecule has 2 aliphatic rings. The van der Waals surface area contributed by atoms with Gasteiger partial charge in [0.2, 0.25) is 0 Å². The van der Waals surface area contributed by atoms with Crippen LogP contribution in [-0.2, 0) is 18.6 Å². The lowest BCUT2D eigenvalue weighted by atomic mass is 9.46. The maximum Gasteiger partial charge on any atom is 0.459 e. The second-order valence-corrected chi connectivity index (χ2v) is 11.0. The molecule has 29 heavy (non-hydrogen) atoms. The van der Waals surface area contributed by atoms with Gasteiger partial charge in [0.1, 0.15) is 0 Å². The molecule has 0 aliphatic carbocycles. The van der Waals surface area contributed by atoms with Gasteiger partial charge in [-0.2, -0.15) is 0 Å². The highest BCUT2D eigenvalue weighted by molar-refractivity contribution is 6.68. The molecule has 0 N–H and O–H groups in total. The largest absolute Gasteiger partial charge is 0.459 e. The molecule has 2 saturated heterocycles. The van der Waals surface area contributed by atoms with Crippen LogP contribution in [0.2, 0.25) is 5.72 Å². The molecule has 2 heterocycles. The Morgan fingerprint density at radius 2 is 0.931 bits per heavy atom. The fraction of sp³-hybridized carbons (Fsp3) is 0.739. The third kappa shape index (κ3) is 4.06. The van der Waals surface area contributed by atoms with Crippen molar-refractivity contribution < 1.29 is 18.6 Å². The fourth-order valence-electron chi connectivity index (χ4n) is 4.19. The molecule has 1 aromatic rings. The Morgan fingerprint density at radius 3 is 1.24 bits per heavy atom. The lowest BCUT2D eigenvalue weighted by Crippen LogP contribution is -2.41. The molecule has 1 aromatic carbocycles. The monoisotopic (exact) mass is 400 g/mol. The molecule has 0 bridgehead atoms. The minimum Gasteiger partial charge on any atom is -0.403 e. The summed E-state index contributed by atoms with van der Waals surface area (Å²) in [5.74, 6) is 0.137.